The Morgan fingerprint density at radius 1 is 1.44 bits per heavy atom. The van der Waals surface area contributed by atoms with E-state index in [1.807, 2.05) is 5.32 Å². The summed E-state index contributed by atoms with van der Waals surface area (Å²) in [5.74, 6) is -0.0789. The molecule has 6 heteroatoms. The molecule has 84 valence electrons. The summed E-state index contributed by atoms with van der Waals surface area (Å²) in [7, 11) is 1.46. The van der Waals surface area contributed by atoms with Gasteiger partial charge in [0.1, 0.15) is 5.75 Å². The van der Waals surface area contributed by atoms with Gasteiger partial charge in [-0.2, -0.15) is 0 Å². The lowest BCUT2D eigenvalue weighted by Gasteiger charge is -2.11. The van der Waals surface area contributed by atoms with Crippen LogP contribution in [0.5, 0.6) is 5.75 Å². The molecule has 2 amide bonds. The lowest BCUT2D eigenvalue weighted by atomic mass is 10.1. The second-order valence-electron chi connectivity index (χ2n) is 3.16. The Bertz CT molecular complexity index is 460. The molecular weight excluding hydrogens is 234 g/mol. The van der Waals surface area contributed by atoms with Crippen LogP contribution in [0.25, 0.3) is 0 Å². The van der Waals surface area contributed by atoms with E-state index in [2.05, 4.69) is 0 Å². The Morgan fingerprint density at radius 3 is 2.75 bits per heavy atom. The molecule has 1 aliphatic heterocycles. The molecule has 1 aromatic carbocycles. The maximum absolute atomic E-state index is 11.4. The third kappa shape index (κ3) is 1.81. The van der Waals surface area contributed by atoms with Crippen LogP contribution in [0.3, 0.4) is 0 Å². The molecule has 1 saturated heterocycles. The zero-order valence-electron chi connectivity index (χ0n) is 8.32. The van der Waals surface area contributed by atoms with Gasteiger partial charge in [-0.15, -0.1) is 0 Å². The predicted octanol–water partition coefficient (Wildman–Crippen LogP) is 1.66. The first kappa shape index (κ1) is 10.8. The number of imide groups is 1. The summed E-state index contributed by atoms with van der Waals surface area (Å²) in [6.07, 6.45) is -1.77. The fourth-order valence-electron chi connectivity index (χ4n) is 1.47. The molecule has 1 aliphatic rings. The van der Waals surface area contributed by atoms with Crippen LogP contribution in [-0.2, 0) is 9.53 Å². The average molecular weight is 242 g/mol. The van der Waals surface area contributed by atoms with Crippen molar-refractivity contribution in [2.24, 2.45) is 0 Å². The number of hydrogen-bond acceptors (Lipinski definition) is 4. The number of alkyl carbamates (subject to hydrolysis) is 1. The van der Waals surface area contributed by atoms with E-state index in [0.717, 1.165) is 0 Å². The van der Waals surface area contributed by atoms with Crippen molar-refractivity contribution in [1.29, 1.82) is 0 Å². The van der Waals surface area contributed by atoms with Crippen LogP contribution in [0, 0.1) is 0 Å². The smallest absolute Gasteiger partial charge is 0.415 e. The molecule has 2 rings (SSSR count). The molecular formula is C10H8ClNO4. The molecule has 1 atom stereocenters. The molecule has 5 nitrogen and oxygen atoms in total. The molecule has 0 unspecified atom stereocenters. The highest BCUT2D eigenvalue weighted by Crippen LogP contribution is 2.32. The number of methoxy groups -OCH3 is 1. The van der Waals surface area contributed by atoms with Gasteiger partial charge in [-0.3, -0.25) is 10.1 Å². The lowest BCUT2D eigenvalue weighted by molar-refractivity contribution is -0.123. The van der Waals surface area contributed by atoms with Crippen molar-refractivity contribution < 1.29 is 19.1 Å². The van der Waals surface area contributed by atoms with E-state index < -0.39 is 18.1 Å². The Balaban J connectivity index is 2.42. The van der Waals surface area contributed by atoms with E-state index in [-0.39, 0.29) is 0 Å². The number of nitrogens with one attached hydrogen (secondary N) is 1. The van der Waals surface area contributed by atoms with Crippen LogP contribution in [0.2, 0.25) is 5.02 Å². The normalized spacial score (nSPS) is 19.2. The monoisotopic (exact) mass is 241 g/mol. The number of rotatable bonds is 2. The molecule has 0 saturated carbocycles. The molecule has 0 spiro atoms. The number of ether oxygens (including phenoxy) is 2. The number of benzene rings is 1. The van der Waals surface area contributed by atoms with Gasteiger partial charge in [0, 0.05) is 10.6 Å². The van der Waals surface area contributed by atoms with Gasteiger partial charge < -0.3 is 9.47 Å². The highest BCUT2D eigenvalue weighted by atomic mass is 35.5. The van der Waals surface area contributed by atoms with Gasteiger partial charge in [0.15, 0.2) is 0 Å². The fourth-order valence-corrected chi connectivity index (χ4v) is 1.65. The van der Waals surface area contributed by atoms with Crippen molar-refractivity contribution >= 4 is 23.6 Å². The first-order chi connectivity index (χ1) is 7.61. The van der Waals surface area contributed by atoms with E-state index in [4.69, 9.17) is 21.1 Å². The molecule has 1 aromatic rings. The molecule has 0 aliphatic carbocycles. The summed E-state index contributed by atoms with van der Waals surface area (Å²) in [4.78, 5) is 22.3. The van der Waals surface area contributed by atoms with Gasteiger partial charge >= 0.3 is 6.09 Å². The van der Waals surface area contributed by atoms with E-state index in [9.17, 15) is 9.59 Å². The predicted molar refractivity (Wildman–Crippen MR) is 55.4 cm³/mol. The highest BCUT2D eigenvalue weighted by molar-refractivity contribution is 6.30. The Labute approximate surface area is 96.3 Å². The standard InChI is InChI=1S/C10H8ClNO4/c1-15-7-3-2-5(11)4-6(7)8-9(13)12-10(14)16-8/h2-4,8H,1H3,(H,12,13,14)/t8-/m0/s1. The molecule has 0 radical (unpaired) electrons. The van der Waals surface area contributed by atoms with E-state index in [0.29, 0.717) is 16.3 Å². The van der Waals surface area contributed by atoms with E-state index in [1.54, 1.807) is 12.1 Å². The van der Waals surface area contributed by atoms with E-state index >= 15 is 0 Å². The van der Waals surface area contributed by atoms with Crippen LogP contribution in [0.15, 0.2) is 18.2 Å². The minimum Gasteiger partial charge on any atom is -0.496 e. The molecule has 1 fully saturated rings. The molecule has 1 heterocycles. The van der Waals surface area contributed by atoms with Crippen molar-refractivity contribution in [2.75, 3.05) is 7.11 Å². The third-order valence-electron chi connectivity index (χ3n) is 2.16. The summed E-state index contributed by atoms with van der Waals surface area (Å²) < 4.78 is 9.89. The first-order valence-corrected chi connectivity index (χ1v) is 4.84. The summed E-state index contributed by atoms with van der Waals surface area (Å²) in [5, 5.41) is 2.47. The SMILES string of the molecule is COc1ccc(Cl)cc1[C@@H]1OC(=O)NC1=O. The topological polar surface area (TPSA) is 64.6 Å². The quantitative estimate of drug-likeness (QED) is 0.855. The van der Waals surface area contributed by atoms with E-state index in [1.165, 1.54) is 13.2 Å². The number of carbonyl (C=O) groups excluding carboxylic acids is 2. The fraction of sp³-hybridized carbons (Fsp3) is 0.200. The lowest BCUT2D eigenvalue weighted by Crippen LogP contribution is -2.20. The van der Waals surface area contributed by atoms with Gasteiger partial charge in [-0.1, -0.05) is 11.6 Å². The number of amides is 2. The van der Waals surface area contributed by atoms with Crippen LogP contribution in [0.1, 0.15) is 11.7 Å². The summed E-state index contributed by atoms with van der Waals surface area (Å²) in [6.45, 7) is 0. The number of cyclic esters (lactones) is 1. The number of hydrogen-bond donors (Lipinski definition) is 1. The molecule has 16 heavy (non-hydrogen) atoms. The number of carbonyl (C=O) groups is 2. The first-order valence-electron chi connectivity index (χ1n) is 4.46. The van der Waals surface area contributed by atoms with Crippen LogP contribution >= 0.6 is 11.6 Å². The van der Waals surface area contributed by atoms with Crippen molar-refractivity contribution in [3.63, 3.8) is 0 Å². The Kier molecular flexibility index (Phi) is 2.70. The van der Waals surface area contributed by atoms with Crippen LogP contribution < -0.4 is 10.1 Å². The van der Waals surface area contributed by atoms with Gasteiger partial charge in [-0.05, 0) is 18.2 Å². The van der Waals surface area contributed by atoms with Crippen molar-refractivity contribution in [2.45, 2.75) is 6.10 Å². The maximum atomic E-state index is 11.4. The zero-order valence-corrected chi connectivity index (χ0v) is 9.08. The number of halogens is 1. The van der Waals surface area contributed by atoms with Crippen LogP contribution in [-0.4, -0.2) is 19.1 Å². The summed E-state index contributed by atoms with van der Waals surface area (Å²) in [6, 6.07) is 4.76. The largest absolute Gasteiger partial charge is 0.496 e. The summed E-state index contributed by atoms with van der Waals surface area (Å²) in [5.41, 5.74) is 0.429. The van der Waals surface area contributed by atoms with Gasteiger partial charge in [0.25, 0.3) is 5.91 Å². The summed E-state index contributed by atoms with van der Waals surface area (Å²) >= 11 is 5.81. The molecule has 0 bridgehead atoms. The van der Waals surface area contributed by atoms with Crippen molar-refractivity contribution in [1.82, 2.24) is 5.32 Å². The van der Waals surface area contributed by atoms with Gasteiger partial charge in [0.05, 0.1) is 7.11 Å². The maximum Gasteiger partial charge on any atom is 0.415 e. The van der Waals surface area contributed by atoms with Crippen molar-refractivity contribution in [3.05, 3.63) is 28.8 Å². The van der Waals surface area contributed by atoms with Gasteiger partial charge in [-0.25, -0.2) is 4.79 Å². The third-order valence-corrected chi connectivity index (χ3v) is 2.40. The minimum atomic E-state index is -0.999. The minimum absolute atomic E-state index is 0.429. The zero-order chi connectivity index (χ0) is 11.7. The second-order valence-corrected chi connectivity index (χ2v) is 3.60. The molecule has 0 aromatic heterocycles. The molecule has 1 N–H and O–H groups in total. The second kappa shape index (κ2) is 4.02. The average Bonchev–Trinajstić information content (AvgIpc) is 2.57. The Hall–Kier alpha value is -1.75. The highest BCUT2D eigenvalue weighted by Gasteiger charge is 2.35. The Morgan fingerprint density at radius 2 is 2.19 bits per heavy atom. The van der Waals surface area contributed by atoms with Crippen molar-refractivity contribution in [3.8, 4) is 5.75 Å². The van der Waals surface area contributed by atoms with Gasteiger partial charge in [0.2, 0.25) is 6.10 Å². The van der Waals surface area contributed by atoms with Crippen LogP contribution in [0.4, 0.5) is 4.79 Å².